The molecule has 0 aliphatic rings. The van der Waals surface area contributed by atoms with Gasteiger partial charge in [-0.1, -0.05) is 18.2 Å². The summed E-state index contributed by atoms with van der Waals surface area (Å²) in [6.45, 7) is 0. The van der Waals surface area contributed by atoms with Gasteiger partial charge in [0.15, 0.2) is 0 Å². The van der Waals surface area contributed by atoms with Gasteiger partial charge in [0.25, 0.3) is 0 Å². The van der Waals surface area contributed by atoms with Crippen LogP contribution in [-0.2, 0) is 7.05 Å². The maximum absolute atomic E-state index is 5.63. The molecule has 0 radical (unpaired) electrons. The van der Waals surface area contributed by atoms with Gasteiger partial charge in [-0.3, -0.25) is 10.5 Å². The van der Waals surface area contributed by atoms with Gasteiger partial charge >= 0.3 is 0 Å². The van der Waals surface area contributed by atoms with Crippen LogP contribution in [0.5, 0.6) is 5.75 Å². The van der Waals surface area contributed by atoms with E-state index in [1.54, 1.807) is 18.0 Å². The molecule has 0 aliphatic heterocycles. The topological polar surface area (TPSA) is 65.1 Å². The third-order valence-corrected chi connectivity index (χ3v) is 2.67. The Bertz CT molecular complexity index is 495. The van der Waals surface area contributed by atoms with E-state index in [-0.39, 0.29) is 6.04 Å². The van der Waals surface area contributed by atoms with Crippen LogP contribution in [0.1, 0.15) is 17.2 Å². The van der Waals surface area contributed by atoms with Crippen LogP contribution >= 0.6 is 0 Å². The van der Waals surface area contributed by atoms with Crippen molar-refractivity contribution in [2.75, 3.05) is 7.11 Å². The second kappa shape index (κ2) is 4.99. The number of methoxy groups -OCH3 is 1. The monoisotopic (exact) mass is 232 g/mol. The fraction of sp³-hybridized carbons (Fsp3) is 0.250. The van der Waals surface area contributed by atoms with E-state index in [4.69, 9.17) is 10.6 Å². The van der Waals surface area contributed by atoms with E-state index >= 15 is 0 Å². The molecule has 5 nitrogen and oxygen atoms in total. The standard InChI is InChI=1S/C12H16N4O/c1-16-8-9(7-14-16)12(15-13)10-5-3-4-6-11(10)17-2/h3-8,12,15H,13H2,1-2H3. The van der Waals surface area contributed by atoms with E-state index in [1.165, 1.54) is 0 Å². The van der Waals surface area contributed by atoms with Crippen molar-refractivity contribution in [3.05, 3.63) is 47.8 Å². The van der Waals surface area contributed by atoms with Crippen LogP contribution in [0.15, 0.2) is 36.7 Å². The lowest BCUT2D eigenvalue weighted by molar-refractivity contribution is 0.404. The van der Waals surface area contributed by atoms with Gasteiger partial charge in [-0.25, -0.2) is 5.43 Å². The normalized spacial score (nSPS) is 12.4. The van der Waals surface area contributed by atoms with Crippen LogP contribution in [0.25, 0.3) is 0 Å². The average molecular weight is 232 g/mol. The lowest BCUT2D eigenvalue weighted by atomic mass is 10.0. The van der Waals surface area contributed by atoms with Crippen LogP contribution in [0.2, 0.25) is 0 Å². The van der Waals surface area contributed by atoms with Crippen molar-refractivity contribution in [3.8, 4) is 5.75 Å². The van der Waals surface area contributed by atoms with E-state index in [0.717, 1.165) is 16.9 Å². The Labute approximate surface area is 100 Å². The zero-order valence-electron chi connectivity index (χ0n) is 9.92. The van der Waals surface area contributed by atoms with Crippen LogP contribution in [0.4, 0.5) is 0 Å². The first-order valence-electron chi connectivity index (χ1n) is 5.34. The number of nitrogens with one attached hydrogen (secondary N) is 1. The first kappa shape index (κ1) is 11.6. The van der Waals surface area contributed by atoms with Crippen LogP contribution < -0.4 is 16.0 Å². The number of ether oxygens (including phenoxy) is 1. The molecule has 2 rings (SSSR count). The molecule has 0 bridgehead atoms. The molecule has 3 N–H and O–H groups in total. The van der Waals surface area contributed by atoms with E-state index in [2.05, 4.69) is 10.5 Å². The number of para-hydroxylation sites is 1. The highest BCUT2D eigenvalue weighted by Crippen LogP contribution is 2.28. The van der Waals surface area contributed by atoms with Crippen molar-refractivity contribution in [3.63, 3.8) is 0 Å². The number of hydrogen-bond donors (Lipinski definition) is 2. The molecule has 1 atom stereocenters. The molecule has 0 amide bonds. The summed E-state index contributed by atoms with van der Waals surface area (Å²) in [7, 11) is 3.52. The molecule has 0 spiro atoms. The molecule has 0 fully saturated rings. The smallest absolute Gasteiger partial charge is 0.124 e. The van der Waals surface area contributed by atoms with Crippen molar-refractivity contribution in [2.24, 2.45) is 12.9 Å². The maximum atomic E-state index is 5.63. The summed E-state index contributed by atoms with van der Waals surface area (Å²) in [5, 5.41) is 4.15. The fourth-order valence-electron chi connectivity index (χ4n) is 1.86. The number of nitrogens with zero attached hydrogens (tertiary/aromatic N) is 2. The summed E-state index contributed by atoms with van der Waals surface area (Å²) in [4.78, 5) is 0. The SMILES string of the molecule is COc1ccccc1C(NN)c1cnn(C)c1. The number of aromatic nitrogens is 2. The number of benzene rings is 1. The summed E-state index contributed by atoms with van der Waals surface area (Å²) < 4.78 is 7.08. The lowest BCUT2D eigenvalue weighted by Gasteiger charge is -2.17. The third-order valence-electron chi connectivity index (χ3n) is 2.67. The molecular weight excluding hydrogens is 216 g/mol. The van der Waals surface area contributed by atoms with Crippen molar-refractivity contribution in [2.45, 2.75) is 6.04 Å². The predicted molar refractivity (Wildman–Crippen MR) is 65.4 cm³/mol. The molecule has 0 saturated heterocycles. The van der Waals surface area contributed by atoms with E-state index in [0.29, 0.717) is 0 Å². The summed E-state index contributed by atoms with van der Waals surface area (Å²) in [6, 6.07) is 7.66. The Kier molecular flexibility index (Phi) is 3.41. The van der Waals surface area contributed by atoms with Gasteiger partial charge in [0.2, 0.25) is 0 Å². The van der Waals surface area contributed by atoms with Crippen LogP contribution in [-0.4, -0.2) is 16.9 Å². The molecule has 0 saturated carbocycles. The van der Waals surface area contributed by atoms with Crippen molar-refractivity contribution < 1.29 is 4.74 Å². The Hall–Kier alpha value is -1.85. The molecule has 5 heteroatoms. The second-order valence-corrected chi connectivity index (χ2v) is 3.79. The Morgan fingerprint density at radius 1 is 1.41 bits per heavy atom. The lowest BCUT2D eigenvalue weighted by Crippen LogP contribution is -2.28. The Morgan fingerprint density at radius 2 is 2.18 bits per heavy atom. The molecule has 0 aliphatic carbocycles. The number of nitrogens with two attached hydrogens (primary N) is 1. The minimum Gasteiger partial charge on any atom is -0.496 e. The minimum atomic E-state index is -0.125. The molecule has 1 aromatic heterocycles. The molecule has 1 heterocycles. The van der Waals surface area contributed by atoms with Crippen molar-refractivity contribution >= 4 is 0 Å². The van der Waals surface area contributed by atoms with Gasteiger partial charge in [-0.05, 0) is 6.07 Å². The highest BCUT2D eigenvalue weighted by molar-refractivity contribution is 5.40. The fourth-order valence-corrected chi connectivity index (χ4v) is 1.86. The van der Waals surface area contributed by atoms with Crippen molar-refractivity contribution in [1.29, 1.82) is 0 Å². The quantitative estimate of drug-likeness (QED) is 0.609. The third kappa shape index (κ3) is 2.30. The molecule has 17 heavy (non-hydrogen) atoms. The summed E-state index contributed by atoms with van der Waals surface area (Å²) in [5.41, 5.74) is 4.78. The number of hydrogen-bond acceptors (Lipinski definition) is 4. The summed E-state index contributed by atoms with van der Waals surface area (Å²) in [6.07, 6.45) is 3.72. The average Bonchev–Trinajstić information content (AvgIpc) is 2.77. The number of aryl methyl sites for hydroxylation is 1. The summed E-state index contributed by atoms with van der Waals surface area (Å²) in [5.74, 6) is 6.43. The van der Waals surface area contributed by atoms with E-state index in [1.807, 2.05) is 37.5 Å². The number of hydrazine groups is 1. The maximum Gasteiger partial charge on any atom is 0.124 e. The first-order valence-corrected chi connectivity index (χ1v) is 5.34. The molecule has 2 aromatic rings. The van der Waals surface area contributed by atoms with Gasteiger partial charge < -0.3 is 4.74 Å². The molecule has 90 valence electrons. The van der Waals surface area contributed by atoms with Gasteiger partial charge in [-0.15, -0.1) is 0 Å². The van der Waals surface area contributed by atoms with Gasteiger partial charge in [-0.2, -0.15) is 5.10 Å². The first-order chi connectivity index (χ1) is 8.26. The zero-order valence-corrected chi connectivity index (χ0v) is 9.92. The largest absolute Gasteiger partial charge is 0.496 e. The van der Waals surface area contributed by atoms with Gasteiger partial charge in [0.05, 0.1) is 19.3 Å². The summed E-state index contributed by atoms with van der Waals surface area (Å²) >= 11 is 0. The highest BCUT2D eigenvalue weighted by atomic mass is 16.5. The molecular formula is C12H16N4O. The van der Waals surface area contributed by atoms with Crippen LogP contribution in [0.3, 0.4) is 0 Å². The Balaban J connectivity index is 2.41. The van der Waals surface area contributed by atoms with Gasteiger partial charge in [0.1, 0.15) is 5.75 Å². The van der Waals surface area contributed by atoms with Crippen molar-refractivity contribution in [1.82, 2.24) is 15.2 Å². The number of rotatable bonds is 4. The highest BCUT2D eigenvalue weighted by Gasteiger charge is 2.17. The van der Waals surface area contributed by atoms with E-state index in [9.17, 15) is 0 Å². The second-order valence-electron chi connectivity index (χ2n) is 3.79. The Morgan fingerprint density at radius 3 is 2.76 bits per heavy atom. The molecule has 1 aromatic carbocycles. The van der Waals surface area contributed by atoms with Crippen LogP contribution in [0, 0.1) is 0 Å². The minimum absolute atomic E-state index is 0.125. The molecule has 1 unspecified atom stereocenters. The predicted octanol–water partition coefficient (Wildman–Crippen LogP) is 0.981. The zero-order chi connectivity index (χ0) is 12.3. The van der Waals surface area contributed by atoms with E-state index < -0.39 is 0 Å². The van der Waals surface area contributed by atoms with Gasteiger partial charge in [0, 0.05) is 24.4 Å².